The van der Waals surface area contributed by atoms with E-state index in [1.807, 2.05) is 0 Å². The number of fused-ring (bicyclic) bond motifs is 1. The average Bonchev–Trinajstić information content (AvgIpc) is 2.87. The highest BCUT2D eigenvalue weighted by Gasteiger charge is 2.35. The van der Waals surface area contributed by atoms with Gasteiger partial charge in [0.15, 0.2) is 0 Å². The number of carbonyl (C=O) groups excluding carboxylic acids is 1. The Hall–Kier alpha value is -1.59. The fraction of sp³-hybridized carbons (Fsp3) is 0.696. The van der Waals surface area contributed by atoms with Crippen molar-refractivity contribution in [2.75, 3.05) is 6.61 Å². The molecular formula is C23H36O5. The van der Waals surface area contributed by atoms with Crippen LogP contribution in [0.25, 0.3) is 0 Å². The third kappa shape index (κ3) is 5.71. The molecule has 0 radical (unpaired) electrons. The first-order valence-electron chi connectivity index (χ1n) is 10.4. The van der Waals surface area contributed by atoms with Crippen LogP contribution in [0.3, 0.4) is 0 Å². The van der Waals surface area contributed by atoms with Gasteiger partial charge in [-0.25, -0.2) is 0 Å². The Balaban J connectivity index is 2.07. The van der Waals surface area contributed by atoms with Gasteiger partial charge in [-0.1, -0.05) is 19.9 Å². The molecule has 2 atom stereocenters. The van der Waals surface area contributed by atoms with Gasteiger partial charge in [-0.15, -0.1) is 0 Å². The zero-order valence-corrected chi connectivity index (χ0v) is 18.2. The molecule has 1 aliphatic rings. The van der Waals surface area contributed by atoms with Crippen molar-refractivity contribution in [3.05, 3.63) is 28.3 Å². The van der Waals surface area contributed by atoms with Crippen LogP contribution in [0.4, 0.5) is 0 Å². The third-order valence-corrected chi connectivity index (χ3v) is 5.33. The van der Waals surface area contributed by atoms with Gasteiger partial charge in [0, 0.05) is 12.0 Å². The van der Waals surface area contributed by atoms with Gasteiger partial charge in [-0.2, -0.15) is 0 Å². The van der Waals surface area contributed by atoms with E-state index < -0.39 is 18.2 Å². The van der Waals surface area contributed by atoms with E-state index in [0.717, 1.165) is 17.7 Å². The first-order valence-corrected chi connectivity index (χ1v) is 10.4. The van der Waals surface area contributed by atoms with Gasteiger partial charge in [0.25, 0.3) is 0 Å². The number of aryl methyl sites for hydroxylation is 1. The van der Waals surface area contributed by atoms with Crippen molar-refractivity contribution >= 4 is 5.97 Å². The average molecular weight is 393 g/mol. The number of rotatable bonds is 9. The number of aliphatic hydroxyl groups is 2. The van der Waals surface area contributed by atoms with Crippen molar-refractivity contribution in [2.45, 2.75) is 97.4 Å². The monoisotopic (exact) mass is 392 g/mol. The van der Waals surface area contributed by atoms with Crippen LogP contribution in [0.5, 0.6) is 5.75 Å². The summed E-state index contributed by atoms with van der Waals surface area (Å²) in [6.07, 6.45) is 0.589. The minimum absolute atomic E-state index is 0.0836. The molecule has 0 spiro atoms. The lowest BCUT2D eigenvalue weighted by atomic mass is 9.87. The highest BCUT2D eigenvalue weighted by atomic mass is 16.5. The van der Waals surface area contributed by atoms with Crippen molar-refractivity contribution < 1.29 is 24.5 Å². The summed E-state index contributed by atoms with van der Waals surface area (Å²) in [5.74, 6) is 0.978. The van der Waals surface area contributed by atoms with Gasteiger partial charge in [-0.05, 0) is 69.6 Å². The van der Waals surface area contributed by atoms with Crippen molar-refractivity contribution in [3.8, 4) is 5.75 Å². The van der Waals surface area contributed by atoms with E-state index in [1.165, 1.54) is 16.7 Å². The van der Waals surface area contributed by atoms with E-state index in [9.17, 15) is 15.0 Å². The Morgan fingerprint density at radius 1 is 1.29 bits per heavy atom. The van der Waals surface area contributed by atoms with Gasteiger partial charge < -0.3 is 19.7 Å². The first kappa shape index (κ1) is 22.7. The standard InChI is InChI=1S/C23H36O5/c1-7-27-21(26)12-17(25)11-16(24)8-9-18-15(4)10-19(14(2)3)20-13-23(5,6)28-22(18)20/h10,14,16-17,24-25H,7-9,11-13H2,1-6H3. The molecule has 2 rings (SSSR count). The SMILES string of the molecule is CCOC(=O)CC(O)CC(O)CCc1c(C)cc(C(C)C)c2c1OC(C)(C)C2. The zero-order valence-electron chi connectivity index (χ0n) is 18.2. The molecule has 5 heteroatoms. The first-order chi connectivity index (χ1) is 13.0. The molecule has 1 aliphatic heterocycles. The molecule has 158 valence electrons. The molecule has 28 heavy (non-hydrogen) atoms. The van der Waals surface area contributed by atoms with E-state index >= 15 is 0 Å². The molecule has 0 saturated heterocycles. The number of ether oxygens (including phenoxy) is 2. The molecule has 0 aliphatic carbocycles. The number of aliphatic hydroxyl groups excluding tert-OH is 2. The van der Waals surface area contributed by atoms with Crippen LogP contribution in [0, 0.1) is 6.92 Å². The highest BCUT2D eigenvalue weighted by Crippen LogP contribution is 2.43. The molecule has 0 saturated carbocycles. The Bertz CT molecular complexity index is 693. The smallest absolute Gasteiger partial charge is 0.308 e. The minimum atomic E-state index is -0.889. The van der Waals surface area contributed by atoms with E-state index in [4.69, 9.17) is 9.47 Å². The van der Waals surface area contributed by atoms with E-state index in [0.29, 0.717) is 25.4 Å². The molecule has 0 amide bonds. The quantitative estimate of drug-likeness (QED) is 0.625. The van der Waals surface area contributed by atoms with Crippen molar-refractivity contribution in [2.24, 2.45) is 0 Å². The lowest BCUT2D eigenvalue weighted by Crippen LogP contribution is -2.25. The molecule has 2 N–H and O–H groups in total. The number of carbonyl (C=O) groups is 1. The highest BCUT2D eigenvalue weighted by molar-refractivity contribution is 5.69. The Morgan fingerprint density at radius 2 is 1.96 bits per heavy atom. The number of hydrogen-bond donors (Lipinski definition) is 2. The summed E-state index contributed by atoms with van der Waals surface area (Å²) < 4.78 is 11.1. The van der Waals surface area contributed by atoms with Crippen LogP contribution in [0.1, 0.15) is 82.1 Å². The second-order valence-corrected chi connectivity index (χ2v) is 8.85. The molecule has 2 unspecified atom stereocenters. The van der Waals surface area contributed by atoms with Gasteiger partial charge in [0.05, 0.1) is 25.2 Å². The maximum atomic E-state index is 11.5. The summed E-state index contributed by atoms with van der Waals surface area (Å²) in [6, 6.07) is 2.26. The largest absolute Gasteiger partial charge is 0.487 e. The van der Waals surface area contributed by atoms with Crippen LogP contribution >= 0.6 is 0 Å². The molecule has 0 aromatic heterocycles. The summed E-state index contributed by atoms with van der Waals surface area (Å²) in [5, 5.41) is 20.4. The van der Waals surface area contributed by atoms with Gasteiger partial charge in [-0.3, -0.25) is 4.79 Å². The summed E-state index contributed by atoms with van der Waals surface area (Å²) in [5.41, 5.74) is 4.73. The second kappa shape index (κ2) is 9.27. The normalized spacial score (nSPS) is 17.2. The van der Waals surface area contributed by atoms with Crippen molar-refractivity contribution in [3.63, 3.8) is 0 Å². The molecular weight excluding hydrogens is 356 g/mol. The van der Waals surface area contributed by atoms with Gasteiger partial charge in [0.2, 0.25) is 0 Å². The number of hydrogen-bond acceptors (Lipinski definition) is 5. The molecule has 5 nitrogen and oxygen atoms in total. The van der Waals surface area contributed by atoms with Gasteiger partial charge >= 0.3 is 5.97 Å². The predicted molar refractivity (Wildman–Crippen MR) is 110 cm³/mol. The maximum absolute atomic E-state index is 11.5. The fourth-order valence-electron chi connectivity index (χ4n) is 4.01. The van der Waals surface area contributed by atoms with Crippen LogP contribution in [0.2, 0.25) is 0 Å². The molecule has 1 aromatic rings. The Morgan fingerprint density at radius 3 is 2.57 bits per heavy atom. The summed E-state index contributed by atoms with van der Waals surface area (Å²) >= 11 is 0. The maximum Gasteiger partial charge on any atom is 0.308 e. The number of esters is 1. The summed E-state index contributed by atoms with van der Waals surface area (Å²) in [7, 11) is 0. The lowest BCUT2D eigenvalue weighted by Gasteiger charge is -2.21. The third-order valence-electron chi connectivity index (χ3n) is 5.33. The van der Waals surface area contributed by atoms with Crippen molar-refractivity contribution in [1.82, 2.24) is 0 Å². The van der Waals surface area contributed by atoms with Crippen molar-refractivity contribution in [1.29, 1.82) is 0 Å². The molecule has 1 aromatic carbocycles. The Labute approximate surface area is 169 Å². The van der Waals surface area contributed by atoms with E-state index in [-0.39, 0.29) is 18.4 Å². The van der Waals surface area contributed by atoms with E-state index in [1.54, 1.807) is 6.92 Å². The van der Waals surface area contributed by atoms with Crippen LogP contribution in [0.15, 0.2) is 6.07 Å². The topological polar surface area (TPSA) is 76.0 Å². The minimum Gasteiger partial charge on any atom is -0.487 e. The Kier molecular flexibility index (Phi) is 7.52. The molecule has 0 bridgehead atoms. The summed E-state index contributed by atoms with van der Waals surface area (Å²) in [6.45, 7) is 12.7. The second-order valence-electron chi connectivity index (χ2n) is 8.85. The lowest BCUT2D eigenvalue weighted by molar-refractivity contribution is -0.145. The molecule has 1 heterocycles. The van der Waals surface area contributed by atoms with E-state index in [2.05, 4.69) is 40.7 Å². The zero-order chi connectivity index (χ0) is 21.1. The summed E-state index contributed by atoms with van der Waals surface area (Å²) in [4.78, 5) is 11.5. The number of benzene rings is 1. The molecule has 0 fully saturated rings. The predicted octanol–water partition coefficient (Wildman–Crippen LogP) is 3.83. The van der Waals surface area contributed by atoms with Gasteiger partial charge in [0.1, 0.15) is 11.4 Å². The van der Waals surface area contributed by atoms with Crippen LogP contribution < -0.4 is 4.74 Å². The fourth-order valence-corrected chi connectivity index (χ4v) is 4.01. The van der Waals surface area contributed by atoms with Crippen LogP contribution in [-0.4, -0.2) is 40.6 Å². The van der Waals surface area contributed by atoms with Crippen LogP contribution in [-0.2, 0) is 22.4 Å².